The van der Waals surface area contributed by atoms with Gasteiger partial charge in [-0.05, 0) is 54.4 Å². The van der Waals surface area contributed by atoms with Crippen molar-refractivity contribution < 1.29 is 4.74 Å². The SMILES string of the molecule is Cc1cccc(OCc2cc(=O)n3[nH]cc(-c4ccc(Sc5ccccc5)cc4)c3n2)c1. The van der Waals surface area contributed by atoms with Gasteiger partial charge >= 0.3 is 0 Å². The van der Waals surface area contributed by atoms with Crippen LogP contribution in [0, 0.1) is 6.92 Å². The number of aromatic nitrogens is 3. The molecule has 5 rings (SSSR count). The van der Waals surface area contributed by atoms with Crippen molar-refractivity contribution in [3.8, 4) is 16.9 Å². The Labute approximate surface area is 189 Å². The Hall–Kier alpha value is -3.77. The molecule has 32 heavy (non-hydrogen) atoms. The second-order valence-corrected chi connectivity index (χ2v) is 8.62. The highest BCUT2D eigenvalue weighted by molar-refractivity contribution is 7.99. The van der Waals surface area contributed by atoms with Crippen LogP contribution in [0.2, 0.25) is 0 Å². The first-order chi connectivity index (χ1) is 15.7. The van der Waals surface area contributed by atoms with Gasteiger partial charge in [0.2, 0.25) is 0 Å². The van der Waals surface area contributed by atoms with E-state index in [0.717, 1.165) is 27.3 Å². The number of rotatable bonds is 6. The molecule has 3 aromatic carbocycles. The maximum atomic E-state index is 12.6. The minimum atomic E-state index is -0.166. The minimum Gasteiger partial charge on any atom is -0.487 e. The third-order valence-corrected chi connectivity index (χ3v) is 6.09. The molecule has 158 valence electrons. The molecule has 0 unspecified atom stereocenters. The van der Waals surface area contributed by atoms with E-state index in [9.17, 15) is 4.79 Å². The van der Waals surface area contributed by atoms with Gasteiger partial charge in [-0.3, -0.25) is 9.89 Å². The van der Waals surface area contributed by atoms with E-state index in [4.69, 9.17) is 9.72 Å². The molecule has 1 N–H and O–H groups in total. The first-order valence-electron chi connectivity index (χ1n) is 10.3. The standard InChI is InChI=1S/C26H21N3O2S/c1-18-6-5-7-21(14-18)31-17-20-15-25(30)29-26(28-20)24(16-27-29)19-10-12-23(13-11-19)32-22-8-3-2-4-9-22/h2-16,27H,17H2,1H3. The Kier molecular flexibility index (Phi) is 5.52. The molecule has 2 heterocycles. The van der Waals surface area contributed by atoms with Crippen LogP contribution < -0.4 is 10.3 Å². The average molecular weight is 440 g/mol. The van der Waals surface area contributed by atoms with Gasteiger partial charge in [-0.15, -0.1) is 0 Å². The van der Waals surface area contributed by atoms with Crippen molar-refractivity contribution in [1.82, 2.24) is 14.6 Å². The zero-order valence-corrected chi connectivity index (χ0v) is 18.3. The quantitative estimate of drug-likeness (QED) is 0.367. The lowest BCUT2D eigenvalue weighted by Crippen LogP contribution is -2.16. The number of benzene rings is 3. The number of aromatic amines is 1. The number of nitrogens with zero attached hydrogens (tertiary/aromatic N) is 2. The van der Waals surface area contributed by atoms with Gasteiger partial charge in [0.1, 0.15) is 12.4 Å². The van der Waals surface area contributed by atoms with Gasteiger partial charge in [0.15, 0.2) is 5.65 Å². The highest BCUT2D eigenvalue weighted by Gasteiger charge is 2.12. The maximum absolute atomic E-state index is 12.6. The largest absolute Gasteiger partial charge is 0.487 e. The smallest absolute Gasteiger partial charge is 0.273 e. The Morgan fingerprint density at radius 3 is 2.50 bits per heavy atom. The van der Waals surface area contributed by atoms with Gasteiger partial charge in [-0.25, -0.2) is 9.50 Å². The summed E-state index contributed by atoms with van der Waals surface area (Å²) in [4.78, 5) is 19.6. The molecule has 0 saturated heterocycles. The minimum absolute atomic E-state index is 0.166. The Morgan fingerprint density at radius 2 is 1.72 bits per heavy atom. The fourth-order valence-electron chi connectivity index (χ4n) is 3.50. The summed E-state index contributed by atoms with van der Waals surface area (Å²) in [5.74, 6) is 0.757. The molecule has 6 heteroatoms. The molecule has 5 nitrogen and oxygen atoms in total. The van der Waals surface area contributed by atoms with E-state index >= 15 is 0 Å². The van der Waals surface area contributed by atoms with Crippen molar-refractivity contribution in [3.05, 3.63) is 113 Å². The van der Waals surface area contributed by atoms with Crippen molar-refractivity contribution in [2.45, 2.75) is 23.3 Å². The summed E-state index contributed by atoms with van der Waals surface area (Å²) in [6.45, 7) is 2.24. The normalized spacial score (nSPS) is 11.0. The molecule has 0 saturated carbocycles. The van der Waals surface area contributed by atoms with E-state index in [1.165, 1.54) is 15.5 Å². The van der Waals surface area contributed by atoms with Crippen molar-refractivity contribution in [1.29, 1.82) is 0 Å². The molecule has 0 spiro atoms. The lowest BCUT2D eigenvalue weighted by atomic mass is 10.1. The van der Waals surface area contributed by atoms with Crippen molar-refractivity contribution in [2.75, 3.05) is 0 Å². The van der Waals surface area contributed by atoms with Gasteiger partial charge in [-0.2, -0.15) is 0 Å². The van der Waals surface area contributed by atoms with E-state index in [-0.39, 0.29) is 12.2 Å². The number of aryl methyl sites for hydroxylation is 1. The van der Waals surface area contributed by atoms with Crippen molar-refractivity contribution in [3.63, 3.8) is 0 Å². The fraction of sp³-hybridized carbons (Fsp3) is 0.0769. The third-order valence-electron chi connectivity index (χ3n) is 5.07. The summed E-state index contributed by atoms with van der Waals surface area (Å²) in [6, 6.07) is 27.9. The molecule has 0 radical (unpaired) electrons. The van der Waals surface area contributed by atoms with Gasteiger partial charge in [-0.1, -0.05) is 54.2 Å². The number of hydrogen-bond donors (Lipinski definition) is 1. The van der Waals surface area contributed by atoms with Crippen molar-refractivity contribution in [2.24, 2.45) is 0 Å². The second-order valence-electron chi connectivity index (χ2n) is 7.48. The van der Waals surface area contributed by atoms with Crippen molar-refractivity contribution >= 4 is 17.4 Å². The van der Waals surface area contributed by atoms with Crippen LogP contribution in [0.25, 0.3) is 16.8 Å². The van der Waals surface area contributed by atoms with E-state index in [0.29, 0.717) is 11.3 Å². The zero-order chi connectivity index (χ0) is 21.9. The maximum Gasteiger partial charge on any atom is 0.273 e. The van der Waals surface area contributed by atoms with Crippen LogP contribution in [0.15, 0.2) is 106 Å². The lowest BCUT2D eigenvalue weighted by Gasteiger charge is -2.07. The molecule has 0 fully saturated rings. The lowest BCUT2D eigenvalue weighted by molar-refractivity contribution is 0.301. The Bertz CT molecular complexity index is 1420. The third kappa shape index (κ3) is 4.31. The monoisotopic (exact) mass is 439 g/mol. The zero-order valence-electron chi connectivity index (χ0n) is 17.5. The van der Waals surface area contributed by atoms with Crippen LogP contribution in [0.4, 0.5) is 0 Å². The molecule has 0 bridgehead atoms. The number of hydrogen-bond acceptors (Lipinski definition) is 4. The summed E-state index contributed by atoms with van der Waals surface area (Å²) in [6.07, 6.45) is 1.81. The van der Waals surface area contributed by atoms with E-state index in [2.05, 4.69) is 41.5 Å². The molecule has 0 aliphatic carbocycles. The second kappa shape index (κ2) is 8.77. The summed E-state index contributed by atoms with van der Waals surface area (Å²) < 4.78 is 7.30. The first-order valence-corrected chi connectivity index (χ1v) is 11.1. The highest BCUT2D eigenvalue weighted by Crippen LogP contribution is 2.30. The number of H-pyrrole nitrogens is 1. The molecular formula is C26H21N3O2S. The number of nitrogens with one attached hydrogen (secondary N) is 1. The van der Waals surface area contributed by atoms with Crippen LogP contribution in [-0.4, -0.2) is 14.6 Å². The molecule has 2 aromatic heterocycles. The van der Waals surface area contributed by atoms with Gasteiger partial charge < -0.3 is 4.74 Å². The molecule has 0 atom stereocenters. The van der Waals surface area contributed by atoms with Crippen LogP contribution in [0.1, 0.15) is 11.3 Å². The highest BCUT2D eigenvalue weighted by atomic mass is 32.2. The van der Waals surface area contributed by atoms with Crippen LogP contribution >= 0.6 is 11.8 Å². The van der Waals surface area contributed by atoms with Gasteiger partial charge in [0.05, 0.1) is 5.69 Å². The van der Waals surface area contributed by atoms with Gasteiger partial charge in [0, 0.05) is 27.6 Å². The van der Waals surface area contributed by atoms with E-state index in [1.807, 2.05) is 55.6 Å². The fourth-order valence-corrected chi connectivity index (χ4v) is 4.34. The number of ether oxygens (including phenoxy) is 1. The topological polar surface area (TPSA) is 59.4 Å². The van der Waals surface area contributed by atoms with Crippen LogP contribution in [-0.2, 0) is 6.61 Å². The molecule has 0 amide bonds. The van der Waals surface area contributed by atoms with Crippen LogP contribution in [0.5, 0.6) is 5.75 Å². The average Bonchev–Trinajstić information content (AvgIpc) is 3.24. The number of fused-ring (bicyclic) bond motifs is 1. The van der Waals surface area contributed by atoms with Crippen LogP contribution in [0.3, 0.4) is 0 Å². The summed E-state index contributed by atoms with van der Waals surface area (Å²) in [5.41, 5.74) is 3.99. The molecule has 0 aliphatic heterocycles. The molecule has 5 aromatic rings. The van der Waals surface area contributed by atoms with E-state index in [1.54, 1.807) is 11.8 Å². The van der Waals surface area contributed by atoms with Gasteiger partial charge in [0.25, 0.3) is 5.56 Å². The predicted octanol–water partition coefficient (Wildman–Crippen LogP) is 5.73. The summed E-state index contributed by atoms with van der Waals surface area (Å²) in [7, 11) is 0. The first kappa shape index (κ1) is 20.2. The molecule has 0 aliphatic rings. The summed E-state index contributed by atoms with van der Waals surface area (Å²) >= 11 is 1.71. The Morgan fingerprint density at radius 1 is 0.938 bits per heavy atom. The predicted molar refractivity (Wildman–Crippen MR) is 127 cm³/mol. The molecular weight excluding hydrogens is 418 g/mol. The Balaban J connectivity index is 1.41. The van der Waals surface area contributed by atoms with E-state index < -0.39 is 0 Å². The summed E-state index contributed by atoms with van der Waals surface area (Å²) in [5, 5.41) is 3.01.